The standard InChI is InChI=1S/C38H33N7O2/c1-2-13-33-36-43-42-35(45(36)25-34(41-33)27-14-12-21-39-23-27)32(37(46)47)22-31-24-44(26-40-31)38(28-15-6-3-7-16-28,29-17-8-4-9-18-29)30-19-10-5-11-20-30/h3-12,14-21,23-26,32H,2,13,22H2,1H3,(H,46,47). The lowest BCUT2D eigenvalue weighted by molar-refractivity contribution is -0.139. The molecule has 0 spiro atoms. The highest BCUT2D eigenvalue weighted by Crippen LogP contribution is 2.41. The van der Waals surface area contributed by atoms with Crippen LogP contribution in [0.5, 0.6) is 0 Å². The highest BCUT2D eigenvalue weighted by Gasteiger charge is 2.39. The average molecular weight is 620 g/mol. The maximum Gasteiger partial charge on any atom is 0.314 e. The Hall–Kier alpha value is -5.96. The summed E-state index contributed by atoms with van der Waals surface area (Å²) in [5, 5.41) is 19.4. The number of imidazole rings is 1. The van der Waals surface area contributed by atoms with Gasteiger partial charge in [0.15, 0.2) is 11.5 Å². The Morgan fingerprint density at radius 1 is 0.830 bits per heavy atom. The van der Waals surface area contributed by atoms with Gasteiger partial charge in [-0.15, -0.1) is 10.2 Å². The number of fused-ring (bicyclic) bond motifs is 1. The molecule has 0 bridgehead atoms. The van der Waals surface area contributed by atoms with Gasteiger partial charge in [-0.1, -0.05) is 104 Å². The molecule has 1 atom stereocenters. The fourth-order valence-corrected chi connectivity index (χ4v) is 6.41. The van der Waals surface area contributed by atoms with Crippen molar-refractivity contribution in [3.63, 3.8) is 0 Å². The van der Waals surface area contributed by atoms with E-state index >= 15 is 0 Å². The molecule has 47 heavy (non-hydrogen) atoms. The summed E-state index contributed by atoms with van der Waals surface area (Å²) < 4.78 is 3.87. The summed E-state index contributed by atoms with van der Waals surface area (Å²) in [5.41, 5.74) is 5.86. The Balaban J connectivity index is 1.34. The molecular weight excluding hydrogens is 586 g/mol. The summed E-state index contributed by atoms with van der Waals surface area (Å²) in [5.74, 6) is -1.69. The van der Waals surface area contributed by atoms with Crippen molar-refractivity contribution >= 4 is 11.6 Å². The number of pyridine rings is 1. The van der Waals surface area contributed by atoms with Gasteiger partial charge < -0.3 is 9.67 Å². The van der Waals surface area contributed by atoms with Crippen molar-refractivity contribution in [3.8, 4) is 11.3 Å². The van der Waals surface area contributed by atoms with Gasteiger partial charge in [0.2, 0.25) is 0 Å². The van der Waals surface area contributed by atoms with Crippen LogP contribution in [0.3, 0.4) is 0 Å². The SMILES string of the molecule is CCCc1nc(-c2cccnc2)cn2c(C(Cc3cn(C(c4ccccc4)(c4ccccc4)c4ccccc4)cn3)C(=O)O)nnc12. The second-order valence-electron chi connectivity index (χ2n) is 11.5. The molecule has 0 amide bonds. The van der Waals surface area contributed by atoms with Crippen LogP contribution in [-0.4, -0.2) is 45.2 Å². The number of aryl methyl sites for hydroxylation is 1. The van der Waals surface area contributed by atoms with Crippen LogP contribution in [0.4, 0.5) is 0 Å². The van der Waals surface area contributed by atoms with Crippen LogP contribution in [0.25, 0.3) is 16.9 Å². The number of carboxylic acid groups (broad SMARTS) is 1. The number of nitrogens with zero attached hydrogens (tertiary/aromatic N) is 7. The maximum atomic E-state index is 12.9. The number of carbonyl (C=O) groups is 1. The minimum absolute atomic E-state index is 0.116. The Kier molecular flexibility index (Phi) is 8.10. The molecule has 7 rings (SSSR count). The minimum atomic E-state index is -1.01. The highest BCUT2D eigenvalue weighted by atomic mass is 16.4. The van der Waals surface area contributed by atoms with Gasteiger partial charge in [-0.25, -0.2) is 9.97 Å². The normalized spacial score (nSPS) is 12.3. The lowest BCUT2D eigenvalue weighted by atomic mass is 9.77. The number of hydrogen-bond acceptors (Lipinski definition) is 6. The lowest BCUT2D eigenvalue weighted by Crippen LogP contribution is -2.37. The minimum Gasteiger partial charge on any atom is -0.481 e. The number of hydrogen-bond donors (Lipinski definition) is 1. The Labute approximate surface area is 272 Å². The third-order valence-electron chi connectivity index (χ3n) is 8.55. The third-order valence-corrected chi connectivity index (χ3v) is 8.55. The monoisotopic (exact) mass is 619 g/mol. The first-order valence-corrected chi connectivity index (χ1v) is 15.7. The van der Waals surface area contributed by atoms with Crippen LogP contribution in [0.1, 0.15) is 53.2 Å². The second kappa shape index (κ2) is 12.8. The van der Waals surface area contributed by atoms with E-state index in [1.165, 1.54) is 0 Å². The average Bonchev–Trinajstić information content (AvgIpc) is 3.77. The van der Waals surface area contributed by atoms with Gasteiger partial charge >= 0.3 is 5.97 Å². The Morgan fingerprint density at radius 3 is 2.02 bits per heavy atom. The van der Waals surface area contributed by atoms with Crippen LogP contribution >= 0.6 is 0 Å². The van der Waals surface area contributed by atoms with Crippen molar-refractivity contribution in [2.45, 2.75) is 37.6 Å². The summed E-state index contributed by atoms with van der Waals surface area (Å²) >= 11 is 0. The topological polar surface area (TPSA) is 111 Å². The second-order valence-corrected chi connectivity index (χ2v) is 11.5. The van der Waals surface area contributed by atoms with Crippen molar-refractivity contribution < 1.29 is 9.90 Å². The Bertz CT molecular complexity index is 2020. The van der Waals surface area contributed by atoms with Gasteiger partial charge in [-0.05, 0) is 35.2 Å². The van der Waals surface area contributed by atoms with Crippen LogP contribution in [0.15, 0.2) is 134 Å². The molecular formula is C38H33N7O2. The van der Waals surface area contributed by atoms with E-state index in [9.17, 15) is 9.90 Å². The van der Waals surface area contributed by atoms with E-state index in [0.717, 1.165) is 34.4 Å². The fraction of sp³-hybridized carbons (Fsp3) is 0.158. The molecule has 0 fully saturated rings. The van der Waals surface area contributed by atoms with E-state index < -0.39 is 17.4 Å². The van der Waals surface area contributed by atoms with Crippen molar-refractivity contribution in [2.75, 3.05) is 0 Å². The third kappa shape index (κ3) is 5.46. The molecule has 1 N–H and O–H groups in total. The molecule has 0 aliphatic heterocycles. The van der Waals surface area contributed by atoms with Crippen LogP contribution in [-0.2, 0) is 23.2 Å². The quantitative estimate of drug-likeness (QED) is 0.163. The molecule has 4 heterocycles. The van der Waals surface area contributed by atoms with Gasteiger partial charge in [0, 0.05) is 36.8 Å². The lowest BCUT2D eigenvalue weighted by Gasteiger charge is -2.37. The molecule has 9 nitrogen and oxygen atoms in total. The largest absolute Gasteiger partial charge is 0.481 e. The number of aliphatic carboxylic acids is 1. The van der Waals surface area contributed by atoms with Crippen molar-refractivity contribution in [1.29, 1.82) is 0 Å². The number of aromatic nitrogens is 7. The van der Waals surface area contributed by atoms with Crippen LogP contribution in [0.2, 0.25) is 0 Å². The van der Waals surface area contributed by atoms with Crippen molar-refractivity contribution in [3.05, 3.63) is 168 Å². The van der Waals surface area contributed by atoms with E-state index in [1.54, 1.807) is 29.3 Å². The number of benzene rings is 3. The fourth-order valence-electron chi connectivity index (χ4n) is 6.41. The summed E-state index contributed by atoms with van der Waals surface area (Å²) in [4.78, 5) is 26.8. The summed E-state index contributed by atoms with van der Waals surface area (Å²) in [6, 6.07) is 34.7. The molecule has 9 heteroatoms. The molecule has 3 aromatic carbocycles. The van der Waals surface area contributed by atoms with Gasteiger partial charge in [0.05, 0.1) is 23.4 Å². The Morgan fingerprint density at radius 2 is 1.47 bits per heavy atom. The van der Waals surface area contributed by atoms with E-state index in [0.29, 0.717) is 29.3 Å². The van der Waals surface area contributed by atoms with E-state index in [4.69, 9.17) is 9.97 Å². The van der Waals surface area contributed by atoms with Crippen molar-refractivity contribution in [2.24, 2.45) is 0 Å². The molecule has 0 saturated heterocycles. The van der Waals surface area contributed by atoms with Gasteiger partial charge in [-0.2, -0.15) is 0 Å². The van der Waals surface area contributed by atoms with Crippen molar-refractivity contribution in [1.82, 2.24) is 34.1 Å². The molecule has 0 saturated carbocycles. The first-order valence-electron chi connectivity index (χ1n) is 15.7. The highest BCUT2D eigenvalue weighted by molar-refractivity contribution is 5.76. The first-order chi connectivity index (χ1) is 23.1. The number of carboxylic acids is 1. The first kappa shape index (κ1) is 29.7. The zero-order valence-electron chi connectivity index (χ0n) is 25.9. The molecule has 1 unspecified atom stereocenters. The van der Waals surface area contributed by atoms with E-state index in [1.807, 2.05) is 72.9 Å². The van der Waals surface area contributed by atoms with E-state index in [2.05, 4.69) is 63.1 Å². The molecule has 4 aromatic heterocycles. The zero-order valence-corrected chi connectivity index (χ0v) is 25.9. The molecule has 7 aromatic rings. The summed E-state index contributed by atoms with van der Waals surface area (Å²) in [6.07, 6.45) is 10.7. The van der Waals surface area contributed by atoms with Crippen LogP contribution in [0, 0.1) is 0 Å². The number of rotatable bonds is 11. The maximum absolute atomic E-state index is 12.9. The van der Waals surface area contributed by atoms with Gasteiger partial charge in [-0.3, -0.25) is 14.2 Å². The molecule has 0 aliphatic carbocycles. The smallest absolute Gasteiger partial charge is 0.314 e. The summed E-state index contributed by atoms with van der Waals surface area (Å²) in [6.45, 7) is 2.07. The molecule has 232 valence electrons. The predicted molar refractivity (Wildman–Crippen MR) is 179 cm³/mol. The molecule has 0 aliphatic rings. The summed E-state index contributed by atoms with van der Waals surface area (Å²) in [7, 11) is 0. The van der Waals surface area contributed by atoms with Crippen LogP contribution < -0.4 is 0 Å². The van der Waals surface area contributed by atoms with E-state index in [-0.39, 0.29) is 6.42 Å². The van der Waals surface area contributed by atoms with Gasteiger partial charge in [0.25, 0.3) is 0 Å². The predicted octanol–water partition coefficient (Wildman–Crippen LogP) is 6.59. The molecule has 0 radical (unpaired) electrons. The van der Waals surface area contributed by atoms with Gasteiger partial charge in [0.1, 0.15) is 11.5 Å². The zero-order chi connectivity index (χ0) is 32.2.